The minimum atomic E-state index is -4.79. The SMILES string of the molecule is O=[C]N(CC(F)(F)F)c1cc(Cl)cc(C(F)(F)F)c1. The van der Waals surface area contributed by atoms with Gasteiger partial charge in [-0.1, -0.05) is 11.6 Å². The van der Waals surface area contributed by atoms with Crippen molar-refractivity contribution in [3.8, 4) is 0 Å². The van der Waals surface area contributed by atoms with Gasteiger partial charge in [0, 0.05) is 10.7 Å². The van der Waals surface area contributed by atoms with Crippen molar-refractivity contribution in [2.75, 3.05) is 11.4 Å². The highest BCUT2D eigenvalue weighted by Crippen LogP contribution is 2.34. The van der Waals surface area contributed by atoms with Gasteiger partial charge in [-0.2, -0.15) is 26.3 Å². The van der Waals surface area contributed by atoms with Gasteiger partial charge in [0.15, 0.2) is 0 Å². The van der Waals surface area contributed by atoms with Gasteiger partial charge in [0.05, 0.1) is 5.56 Å². The molecule has 0 fully saturated rings. The largest absolute Gasteiger partial charge is 0.416 e. The van der Waals surface area contributed by atoms with Crippen molar-refractivity contribution in [2.45, 2.75) is 12.4 Å². The monoisotopic (exact) mass is 304 g/mol. The van der Waals surface area contributed by atoms with E-state index in [1.54, 1.807) is 0 Å². The van der Waals surface area contributed by atoms with Crippen LogP contribution in [0.15, 0.2) is 18.2 Å². The van der Waals surface area contributed by atoms with Crippen molar-refractivity contribution >= 4 is 23.7 Å². The number of hydrogen-bond acceptors (Lipinski definition) is 1. The van der Waals surface area contributed by atoms with Crippen LogP contribution in [0.2, 0.25) is 5.02 Å². The Bertz CT molecular complexity index is 470. The summed E-state index contributed by atoms with van der Waals surface area (Å²) in [6.07, 6.45) is -8.63. The van der Waals surface area contributed by atoms with E-state index in [9.17, 15) is 31.1 Å². The maximum absolute atomic E-state index is 12.5. The molecule has 1 amide bonds. The molecule has 0 N–H and O–H groups in total. The van der Waals surface area contributed by atoms with Crippen LogP contribution in [-0.2, 0) is 11.0 Å². The highest BCUT2D eigenvalue weighted by molar-refractivity contribution is 6.31. The van der Waals surface area contributed by atoms with Gasteiger partial charge >= 0.3 is 18.8 Å². The number of amides is 1. The van der Waals surface area contributed by atoms with Crippen molar-refractivity contribution in [1.29, 1.82) is 0 Å². The van der Waals surface area contributed by atoms with Crippen molar-refractivity contribution in [3.05, 3.63) is 28.8 Å². The summed E-state index contributed by atoms with van der Waals surface area (Å²) >= 11 is 5.39. The molecule has 105 valence electrons. The second-order valence-electron chi connectivity index (χ2n) is 3.49. The Morgan fingerprint density at radius 2 is 1.68 bits per heavy atom. The molecular weight excluding hydrogens is 300 g/mol. The van der Waals surface area contributed by atoms with Crippen molar-refractivity contribution in [2.24, 2.45) is 0 Å². The molecule has 19 heavy (non-hydrogen) atoms. The van der Waals surface area contributed by atoms with Crippen LogP contribution in [0.4, 0.5) is 32.0 Å². The Hall–Kier alpha value is -1.44. The lowest BCUT2D eigenvalue weighted by Gasteiger charge is -2.19. The summed E-state index contributed by atoms with van der Waals surface area (Å²) in [5.41, 5.74) is -1.88. The van der Waals surface area contributed by atoms with Crippen LogP contribution in [-0.4, -0.2) is 19.1 Å². The molecule has 0 bridgehead atoms. The number of halogens is 7. The Balaban J connectivity index is 3.18. The molecule has 1 radical (unpaired) electrons. The van der Waals surface area contributed by atoms with Crippen LogP contribution >= 0.6 is 11.6 Å². The molecule has 2 nitrogen and oxygen atoms in total. The fourth-order valence-electron chi connectivity index (χ4n) is 1.25. The first-order chi connectivity index (χ1) is 8.53. The Morgan fingerprint density at radius 3 is 2.11 bits per heavy atom. The molecule has 9 heteroatoms. The summed E-state index contributed by atoms with van der Waals surface area (Å²) in [6, 6.07) is 1.75. The molecule has 1 aromatic rings. The van der Waals surface area contributed by atoms with Crippen LogP contribution in [0, 0.1) is 0 Å². The van der Waals surface area contributed by atoms with Gasteiger partial charge in [-0.3, -0.25) is 9.69 Å². The zero-order valence-electron chi connectivity index (χ0n) is 8.94. The maximum atomic E-state index is 12.5. The Kier molecular flexibility index (Phi) is 4.34. The normalized spacial score (nSPS) is 12.4. The van der Waals surface area contributed by atoms with E-state index >= 15 is 0 Å². The maximum Gasteiger partial charge on any atom is 0.416 e. The molecule has 0 saturated carbocycles. The summed E-state index contributed by atoms with van der Waals surface area (Å²) in [4.78, 5) is 10.4. The van der Waals surface area contributed by atoms with Crippen LogP contribution in [0.3, 0.4) is 0 Å². The van der Waals surface area contributed by atoms with Gasteiger partial charge in [0.2, 0.25) is 0 Å². The smallest absolute Gasteiger partial charge is 0.295 e. The molecular formula is C10H5ClF6NO. The van der Waals surface area contributed by atoms with Gasteiger partial charge in [-0.25, -0.2) is 0 Å². The molecule has 0 spiro atoms. The third kappa shape index (κ3) is 4.62. The molecule has 0 atom stereocenters. The second kappa shape index (κ2) is 5.28. The van der Waals surface area contributed by atoms with Crippen LogP contribution in [0.25, 0.3) is 0 Å². The molecule has 0 unspecified atom stereocenters. The predicted octanol–water partition coefficient (Wildman–Crippen LogP) is 3.79. The molecule has 0 heterocycles. The minimum Gasteiger partial charge on any atom is -0.295 e. The van der Waals surface area contributed by atoms with E-state index in [-0.39, 0.29) is 4.90 Å². The highest BCUT2D eigenvalue weighted by atomic mass is 35.5. The van der Waals surface area contributed by atoms with E-state index in [1.807, 2.05) is 0 Å². The third-order valence-corrected chi connectivity index (χ3v) is 2.19. The summed E-state index contributed by atoms with van der Waals surface area (Å²) in [7, 11) is 0. The zero-order valence-corrected chi connectivity index (χ0v) is 9.70. The number of rotatable bonds is 3. The summed E-state index contributed by atoms with van der Waals surface area (Å²) in [5, 5.41) is -0.438. The summed E-state index contributed by atoms with van der Waals surface area (Å²) in [6.45, 7) is -1.76. The Morgan fingerprint density at radius 1 is 1.11 bits per heavy atom. The molecule has 0 aliphatic heterocycles. The van der Waals surface area contributed by atoms with E-state index < -0.39 is 35.2 Å². The number of hydrogen-bond donors (Lipinski definition) is 0. The molecule has 0 saturated heterocycles. The fraction of sp³-hybridized carbons (Fsp3) is 0.300. The number of nitrogens with zero attached hydrogens (tertiary/aromatic N) is 1. The molecule has 0 aliphatic rings. The average Bonchev–Trinajstić information content (AvgIpc) is 2.22. The molecule has 0 aromatic heterocycles. The quantitative estimate of drug-likeness (QED) is 0.614. The minimum absolute atomic E-state index is 0.0267. The standard InChI is InChI=1S/C10H5ClF6NO/c11-7-1-6(10(15,16)17)2-8(3-7)18(5-19)4-9(12,13)14/h1-3H,4H2. The molecule has 1 aromatic carbocycles. The Labute approximate surface area is 108 Å². The van der Waals surface area contributed by atoms with E-state index in [1.165, 1.54) is 0 Å². The summed E-state index contributed by atoms with van der Waals surface area (Å²) < 4.78 is 73.8. The lowest BCUT2D eigenvalue weighted by Crippen LogP contribution is -2.33. The summed E-state index contributed by atoms with van der Waals surface area (Å²) in [5.74, 6) is 0. The first-order valence-electron chi connectivity index (χ1n) is 4.63. The number of alkyl halides is 6. The van der Waals surface area contributed by atoms with Gasteiger partial charge in [0.1, 0.15) is 6.54 Å². The van der Waals surface area contributed by atoms with Crippen molar-refractivity contribution < 1.29 is 31.1 Å². The van der Waals surface area contributed by atoms with Crippen molar-refractivity contribution in [1.82, 2.24) is 0 Å². The van der Waals surface area contributed by atoms with E-state index in [2.05, 4.69) is 0 Å². The first kappa shape index (κ1) is 15.6. The number of anilines is 1. The van der Waals surface area contributed by atoms with Crippen molar-refractivity contribution in [3.63, 3.8) is 0 Å². The number of carbonyl (C=O) groups excluding carboxylic acids is 1. The van der Waals surface area contributed by atoms with Crippen LogP contribution < -0.4 is 4.90 Å². The van der Waals surface area contributed by atoms with Crippen LogP contribution in [0.5, 0.6) is 0 Å². The van der Waals surface area contributed by atoms with Gasteiger partial charge < -0.3 is 0 Å². The highest BCUT2D eigenvalue weighted by Gasteiger charge is 2.34. The topological polar surface area (TPSA) is 20.3 Å². The molecule has 1 rings (SSSR count). The van der Waals surface area contributed by atoms with E-state index in [4.69, 9.17) is 11.6 Å². The second-order valence-corrected chi connectivity index (χ2v) is 3.92. The first-order valence-corrected chi connectivity index (χ1v) is 5.00. The lowest BCUT2D eigenvalue weighted by molar-refractivity contribution is -0.137. The van der Waals surface area contributed by atoms with Crippen LogP contribution in [0.1, 0.15) is 5.56 Å². The average molecular weight is 305 g/mol. The zero-order chi connectivity index (χ0) is 14.8. The van der Waals surface area contributed by atoms with E-state index in [0.29, 0.717) is 12.1 Å². The fourth-order valence-corrected chi connectivity index (χ4v) is 1.48. The van der Waals surface area contributed by atoms with Gasteiger partial charge in [-0.05, 0) is 18.2 Å². The molecule has 0 aliphatic carbocycles. The van der Waals surface area contributed by atoms with E-state index in [0.717, 1.165) is 12.5 Å². The third-order valence-electron chi connectivity index (χ3n) is 1.97. The predicted molar refractivity (Wildman–Crippen MR) is 55.5 cm³/mol. The van der Waals surface area contributed by atoms with Gasteiger partial charge in [0.25, 0.3) is 0 Å². The lowest BCUT2D eigenvalue weighted by atomic mass is 10.2. The number of benzene rings is 1. The van der Waals surface area contributed by atoms with Gasteiger partial charge in [-0.15, -0.1) is 0 Å².